The average molecular weight is 257 g/mol. The van der Waals surface area contributed by atoms with Crippen molar-refractivity contribution in [2.45, 2.75) is 10.8 Å². The number of sulfonamides is 1. The van der Waals surface area contributed by atoms with E-state index in [1.807, 2.05) is 0 Å². The summed E-state index contributed by atoms with van der Waals surface area (Å²) >= 11 is 1.20. The molecule has 16 heavy (non-hydrogen) atoms. The fraction of sp³-hybridized carbons (Fsp3) is 0.222. The fourth-order valence-corrected chi connectivity index (χ4v) is 3.27. The second-order valence-corrected chi connectivity index (χ2v) is 6.14. The van der Waals surface area contributed by atoms with E-state index in [2.05, 4.69) is 9.82 Å². The van der Waals surface area contributed by atoms with Crippen molar-refractivity contribution in [3.05, 3.63) is 35.5 Å². The molecule has 0 spiro atoms. The third-order valence-electron chi connectivity index (χ3n) is 2.13. The highest BCUT2D eigenvalue weighted by Gasteiger charge is 2.14. The van der Waals surface area contributed by atoms with Crippen molar-refractivity contribution in [2.24, 2.45) is 7.05 Å². The minimum atomic E-state index is -3.38. The minimum absolute atomic E-state index is 0.247. The monoisotopic (exact) mass is 257 g/mol. The van der Waals surface area contributed by atoms with E-state index in [9.17, 15) is 8.42 Å². The molecule has 0 saturated carbocycles. The lowest BCUT2D eigenvalue weighted by Gasteiger charge is -2.04. The smallest absolute Gasteiger partial charge is 0.250 e. The zero-order valence-electron chi connectivity index (χ0n) is 8.62. The Labute approximate surface area is 97.8 Å². The van der Waals surface area contributed by atoms with Crippen LogP contribution in [0.15, 0.2) is 34.0 Å². The van der Waals surface area contributed by atoms with Crippen molar-refractivity contribution in [2.75, 3.05) is 0 Å². The van der Waals surface area contributed by atoms with Crippen molar-refractivity contribution in [1.29, 1.82) is 0 Å². The van der Waals surface area contributed by atoms with Crippen molar-refractivity contribution >= 4 is 21.4 Å². The molecule has 0 saturated heterocycles. The third kappa shape index (κ3) is 2.31. The summed E-state index contributed by atoms with van der Waals surface area (Å²) in [6.45, 7) is 0.247. The van der Waals surface area contributed by atoms with Crippen molar-refractivity contribution in [3.63, 3.8) is 0 Å². The molecule has 0 bridgehead atoms. The van der Waals surface area contributed by atoms with Gasteiger partial charge in [-0.15, -0.1) is 11.3 Å². The molecule has 0 aliphatic carbocycles. The first-order chi connectivity index (χ1) is 7.59. The predicted molar refractivity (Wildman–Crippen MR) is 61.6 cm³/mol. The highest BCUT2D eigenvalue weighted by molar-refractivity contribution is 7.91. The van der Waals surface area contributed by atoms with E-state index in [1.165, 1.54) is 11.3 Å². The Morgan fingerprint density at radius 1 is 1.50 bits per heavy atom. The van der Waals surface area contributed by atoms with Crippen LogP contribution in [-0.4, -0.2) is 18.2 Å². The Bertz CT molecular complexity index is 557. The van der Waals surface area contributed by atoms with Crippen LogP contribution in [0.25, 0.3) is 0 Å². The van der Waals surface area contributed by atoms with Gasteiger partial charge in [-0.3, -0.25) is 4.68 Å². The Hall–Kier alpha value is -1.18. The lowest BCUT2D eigenvalue weighted by atomic mass is 10.4. The first-order valence-corrected chi connectivity index (χ1v) is 6.96. The van der Waals surface area contributed by atoms with E-state index in [0.29, 0.717) is 4.21 Å². The zero-order chi connectivity index (χ0) is 11.6. The van der Waals surface area contributed by atoms with Gasteiger partial charge >= 0.3 is 0 Å². The number of nitrogens with one attached hydrogen (secondary N) is 1. The van der Waals surface area contributed by atoms with Crippen LogP contribution in [-0.2, 0) is 23.6 Å². The Morgan fingerprint density at radius 3 is 2.88 bits per heavy atom. The molecule has 0 fully saturated rings. The molecule has 2 heterocycles. The molecule has 0 aliphatic rings. The molecule has 86 valence electrons. The molecular weight excluding hydrogens is 246 g/mol. The molecular formula is C9H11N3O2S2. The van der Waals surface area contributed by atoms with E-state index in [0.717, 1.165) is 5.69 Å². The van der Waals surface area contributed by atoms with Crippen LogP contribution in [0.3, 0.4) is 0 Å². The van der Waals surface area contributed by atoms with Gasteiger partial charge in [-0.05, 0) is 17.5 Å². The van der Waals surface area contributed by atoms with Gasteiger partial charge in [0.2, 0.25) is 10.0 Å². The number of hydrogen-bond acceptors (Lipinski definition) is 4. The fourth-order valence-electron chi connectivity index (χ4n) is 1.23. The molecule has 0 aliphatic heterocycles. The molecule has 2 aromatic heterocycles. The lowest BCUT2D eigenvalue weighted by molar-refractivity contribution is 0.579. The van der Waals surface area contributed by atoms with Gasteiger partial charge in [-0.2, -0.15) is 5.10 Å². The van der Waals surface area contributed by atoms with Crippen LogP contribution < -0.4 is 4.72 Å². The van der Waals surface area contributed by atoms with Gasteiger partial charge in [0.1, 0.15) is 4.21 Å². The van der Waals surface area contributed by atoms with Crippen molar-refractivity contribution < 1.29 is 8.42 Å². The molecule has 2 rings (SSSR count). The number of rotatable bonds is 4. The number of hydrogen-bond donors (Lipinski definition) is 1. The molecule has 2 aromatic rings. The quantitative estimate of drug-likeness (QED) is 0.887. The topological polar surface area (TPSA) is 64.0 Å². The third-order valence-corrected chi connectivity index (χ3v) is 4.92. The van der Waals surface area contributed by atoms with Gasteiger partial charge in [0.15, 0.2) is 0 Å². The molecule has 7 heteroatoms. The summed E-state index contributed by atoms with van der Waals surface area (Å²) in [5.41, 5.74) is 0.820. The van der Waals surface area contributed by atoms with E-state index in [4.69, 9.17) is 0 Å². The number of aromatic nitrogens is 2. The summed E-state index contributed by atoms with van der Waals surface area (Å²) in [5, 5.41) is 5.70. The van der Waals surface area contributed by atoms with Gasteiger partial charge in [0, 0.05) is 13.2 Å². The first kappa shape index (κ1) is 11.3. The van der Waals surface area contributed by atoms with Crippen molar-refractivity contribution in [3.8, 4) is 0 Å². The van der Waals surface area contributed by atoms with Gasteiger partial charge in [-0.25, -0.2) is 13.1 Å². The van der Waals surface area contributed by atoms with E-state index in [-0.39, 0.29) is 6.54 Å². The van der Waals surface area contributed by atoms with E-state index >= 15 is 0 Å². The summed E-state index contributed by atoms with van der Waals surface area (Å²) in [7, 11) is -1.61. The highest BCUT2D eigenvalue weighted by atomic mass is 32.2. The molecule has 0 unspecified atom stereocenters. The predicted octanol–water partition coefficient (Wildman–Crippen LogP) is 0.960. The molecule has 0 amide bonds. The van der Waals surface area contributed by atoms with Crippen LogP contribution in [0, 0.1) is 0 Å². The molecule has 0 aromatic carbocycles. The van der Waals surface area contributed by atoms with Crippen LogP contribution in [0.5, 0.6) is 0 Å². The molecule has 1 N–H and O–H groups in total. The van der Waals surface area contributed by atoms with E-state index in [1.54, 1.807) is 41.5 Å². The summed E-state index contributed by atoms with van der Waals surface area (Å²) < 4.78 is 28.0. The maximum atomic E-state index is 11.8. The number of aryl methyl sites for hydroxylation is 1. The van der Waals surface area contributed by atoms with Gasteiger partial charge < -0.3 is 0 Å². The number of nitrogens with zero attached hydrogens (tertiary/aromatic N) is 2. The summed E-state index contributed by atoms with van der Waals surface area (Å²) in [6.07, 6.45) is 1.63. The molecule has 5 nitrogen and oxygen atoms in total. The second kappa shape index (κ2) is 4.36. The van der Waals surface area contributed by atoms with Gasteiger partial charge in [-0.1, -0.05) is 6.07 Å². The largest absolute Gasteiger partial charge is 0.271 e. The average Bonchev–Trinajstić information content (AvgIpc) is 2.85. The Balaban J connectivity index is 2.09. The highest BCUT2D eigenvalue weighted by Crippen LogP contribution is 2.15. The SMILES string of the molecule is Cn1nccc1CNS(=O)(=O)c1cccs1. The minimum Gasteiger partial charge on any atom is -0.271 e. The summed E-state index contributed by atoms with van der Waals surface area (Å²) in [5.74, 6) is 0. The number of thiophene rings is 1. The zero-order valence-corrected chi connectivity index (χ0v) is 10.3. The summed E-state index contributed by atoms with van der Waals surface area (Å²) in [6, 6.07) is 5.07. The second-order valence-electron chi connectivity index (χ2n) is 3.20. The van der Waals surface area contributed by atoms with E-state index < -0.39 is 10.0 Å². The normalized spacial score (nSPS) is 11.8. The summed E-state index contributed by atoms with van der Waals surface area (Å²) in [4.78, 5) is 0. The Morgan fingerprint density at radius 2 is 2.31 bits per heavy atom. The maximum Gasteiger partial charge on any atom is 0.250 e. The van der Waals surface area contributed by atoms with Crippen LogP contribution in [0.4, 0.5) is 0 Å². The maximum absolute atomic E-state index is 11.8. The van der Waals surface area contributed by atoms with Gasteiger partial charge in [0.25, 0.3) is 0 Å². The van der Waals surface area contributed by atoms with Crippen molar-refractivity contribution in [1.82, 2.24) is 14.5 Å². The lowest BCUT2D eigenvalue weighted by Crippen LogP contribution is -2.23. The van der Waals surface area contributed by atoms with Crippen LogP contribution in [0.1, 0.15) is 5.69 Å². The molecule has 0 atom stereocenters. The Kier molecular flexibility index (Phi) is 3.08. The van der Waals surface area contributed by atoms with Gasteiger partial charge in [0.05, 0.1) is 12.2 Å². The van der Waals surface area contributed by atoms with Crippen LogP contribution in [0.2, 0.25) is 0 Å². The standard InChI is InChI=1S/C9H11N3O2S2/c1-12-8(4-5-10-12)7-11-16(13,14)9-3-2-6-15-9/h2-6,11H,7H2,1H3. The first-order valence-electron chi connectivity index (χ1n) is 4.59. The molecule has 0 radical (unpaired) electrons. The van der Waals surface area contributed by atoms with Crippen LogP contribution >= 0.6 is 11.3 Å².